The Morgan fingerprint density at radius 3 is 2.62 bits per heavy atom. The zero-order valence-corrected chi connectivity index (χ0v) is 12.3. The van der Waals surface area contributed by atoms with E-state index in [1.165, 1.54) is 32.1 Å². The highest BCUT2D eigenvalue weighted by Crippen LogP contribution is 2.43. The molecule has 1 aromatic heterocycles. The van der Waals surface area contributed by atoms with Crippen LogP contribution in [-0.2, 0) is 11.2 Å². The van der Waals surface area contributed by atoms with Crippen LogP contribution in [0.3, 0.4) is 0 Å². The first-order valence-corrected chi connectivity index (χ1v) is 8.57. The number of fused-ring (bicyclic) bond motifs is 4. The molecule has 4 aliphatic heterocycles. The first kappa shape index (κ1) is 12.6. The third-order valence-electron chi connectivity index (χ3n) is 5.96. The third-order valence-corrected chi connectivity index (χ3v) is 5.96. The Labute approximate surface area is 124 Å². The third kappa shape index (κ3) is 2.21. The molecular formula is C16H23N3O2. The normalized spacial score (nSPS) is 44.6. The van der Waals surface area contributed by atoms with Crippen molar-refractivity contribution in [1.29, 1.82) is 0 Å². The van der Waals surface area contributed by atoms with Crippen molar-refractivity contribution in [2.75, 3.05) is 0 Å². The molecule has 5 heterocycles. The molecule has 5 unspecified atom stereocenters. The minimum Gasteiger partial charge on any atom is -0.374 e. The minimum absolute atomic E-state index is 0.343. The topological polar surface area (TPSA) is 60.2 Å². The summed E-state index contributed by atoms with van der Waals surface area (Å²) in [6, 6.07) is 1.46. The molecule has 5 rings (SSSR count). The predicted molar refractivity (Wildman–Crippen MR) is 75.9 cm³/mol. The van der Waals surface area contributed by atoms with Gasteiger partial charge in [-0.25, -0.2) is 0 Å². The lowest BCUT2D eigenvalue weighted by molar-refractivity contribution is 0.0996. The number of nitrogens with one attached hydrogen (secondary N) is 1. The van der Waals surface area contributed by atoms with Gasteiger partial charge in [0, 0.05) is 18.5 Å². The van der Waals surface area contributed by atoms with Gasteiger partial charge in [-0.15, -0.1) is 0 Å². The van der Waals surface area contributed by atoms with Gasteiger partial charge in [-0.2, -0.15) is 4.98 Å². The smallest absolute Gasteiger partial charge is 0.226 e. The molecule has 4 aliphatic rings. The molecule has 5 atom stereocenters. The molecule has 4 saturated heterocycles. The van der Waals surface area contributed by atoms with Crippen LogP contribution >= 0.6 is 0 Å². The maximum absolute atomic E-state index is 5.90. The van der Waals surface area contributed by atoms with E-state index in [2.05, 4.69) is 10.5 Å². The molecule has 0 amide bonds. The molecule has 0 spiro atoms. The Morgan fingerprint density at radius 1 is 1.05 bits per heavy atom. The Balaban J connectivity index is 1.26. The van der Waals surface area contributed by atoms with Crippen molar-refractivity contribution in [3.05, 3.63) is 11.7 Å². The molecule has 1 N–H and O–H groups in total. The number of rotatable bonds is 3. The van der Waals surface area contributed by atoms with Crippen LogP contribution in [0.5, 0.6) is 0 Å². The van der Waals surface area contributed by atoms with E-state index in [4.69, 9.17) is 14.2 Å². The highest BCUT2D eigenvalue weighted by atomic mass is 16.5. The Kier molecular flexibility index (Phi) is 2.87. The lowest BCUT2D eigenvalue weighted by atomic mass is 9.88. The van der Waals surface area contributed by atoms with E-state index in [0.29, 0.717) is 24.0 Å². The molecule has 1 aromatic rings. The standard InChI is InChI=1S/C16H23N3O2/c1-2-11-6-9(5-10(1)17-11)7-15-18-16(19-21-15)13-8-12-3-4-14(13)20-12/h9-14,17H,1-8H2. The van der Waals surface area contributed by atoms with Gasteiger partial charge in [-0.1, -0.05) is 5.16 Å². The van der Waals surface area contributed by atoms with E-state index in [9.17, 15) is 0 Å². The molecule has 114 valence electrons. The zero-order chi connectivity index (χ0) is 13.8. The highest BCUT2D eigenvalue weighted by Gasteiger charge is 2.44. The highest BCUT2D eigenvalue weighted by molar-refractivity contribution is 5.07. The Bertz CT molecular complexity index is 519. The largest absolute Gasteiger partial charge is 0.374 e. The van der Waals surface area contributed by atoms with Gasteiger partial charge in [0.1, 0.15) is 0 Å². The van der Waals surface area contributed by atoms with Gasteiger partial charge in [-0.05, 0) is 50.9 Å². The fourth-order valence-corrected chi connectivity index (χ4v) is 5.00. The van der Waals surface area contributed by atoms with Gasteiger partial charge >= 0.3 is 0 Å². The van der Waals surface area contributed by atoms with Gasteiger partial charge < -0.3 is 14.6 Å². The van der Waals surface area contributed by atoms with Crippen LogP contribution in [0, 0.1) is 5.92 Å². The fraction of sp³-hybridized carbons (Fsp3) is 0.875. The number of hydrogen-bond donors (Lipinski definition) is 1. The van der Waals surface area contributed by atoms with Gasteiger partial charge in [-0.3, -0.25) is 0 Å². The summed E-state index contributed by atoms with van der Waals surface area (Å²) in [5.74, 6) is 2.84. The van der Waals surface area contributed by atoms with E-state index < -0.39 is 0 Å². The summed E-state index contributed by atoms with van der Waals surface area (Å²) in [7, 11) is 0. The number of aromatic nitrogens is 2. The SMILES string of the molecule is C(c1nc(C2CC3CCC2O3)no1)C1CC2CCC(C1)N2. The molecule has 4 fully saturated rings. The van der Waals surface area contributed by atoms with Gasteiger partial charge in [0.2, 0.25) is 5.89 Å². The van der Waals surface area contributed by atoms with Crippen LogP contribution in [0.25, 0.3) is 0 Å². The second-order valence-corrected chi connectivity index (χ2v) is 7.44. The van der Waals surface area contributed by atoms with Crippen LogP contribution in [0.15, 0.2) is 4.52 Å². The maximum atomic E-state index is 5.90. The van der Waals surface area contributed by atoms with Crippen molar-refractivity contribution in [2.45, 2.75) is 81.6 Å². The molecule has 0 aliphatic carbocycles. The number of hydrogen-bond acceptors (Lipinski definition) is 5. The average Bonchev–Trinajstić information content (AvgIpc) is 3.23. The number of ether oxygens (including phenoxy) is 1. The van der Waals surface area contributed by atoms with Crippen molar-refractivity contribution in [3.63, 3.8) is 0 Å². The molecule has 0 aromatic carbocycles. The molecular weight excluding hydrogens is 266 g/mol. The second kappa shape index (κ2) is 4.78. The van der Waals surface area contributed by atoms with Crippen LogP contribution in [0.4, 0.5) is 0 Å². The summed E-state index contributed by atoms with van der Waals surface area (Å²) in [4.78, 5) is 4.70. The van der Waals surface area contributed by atoms with E-state index >= 15 is 0 Å². The summed E-state index contributed by atoms with van der Waals surface area (Å²) in [5, 5.41) is 7.95. The monoisotopic (exact) mass is 289 g/mol. The first-order chi connectivity index (χ1) is 10.3. The van der Waals surface area contributed by atoms with Crippen molar-refractivity contribution in [3.8, 4) is 0 Å². The van der Waals surface area contributed by atoms with Gasteiger partial charge in [0.15, 0.2) is 5.82 Å². The van der Waals surface area contributed by atoms with Crippen molar-refractivity contribution in [2.24, 2.45) is 5.92 Å². The summed E-state index contributed by atoms with van der Waals surface area (Å²) in [6.45, 7) is 0. The van der Waals surface area contributed by atoms with E-state index in [1.54, 1.807) is 0 Å². The van der Waals surface area contributed by atoms with Gasteiger partial charge in [0.25, 0.3) is 0 Å². The fourth-order valence-electron chi connectivity index (χ4n) is 5.00. The molecule has 0 saturated carbocycles. The molecule has 21 heavy (non-hydrogen) atoms. The van der Waals surface area contributed by atoms with E-state index in [1.807, 2.05) is 0 Å². The summed E-state index contributed by atoms with van der Waals surface area (Å²) in [5.41, 5.74) is 0. The van der Waals surface area contributed by atoms with Crippen molar-refractivity contribution in [1.82, 2.24) is 15.5 Å². The van der Waals surface area contributed by atoms with Crippen LogP contribution < -0.4 is 5.32 Å². The Morgan fingerprint density at radius 2 is 1.90 bits per heavy atom. The Hall–Kier alpha value is -0.940. The molecule has 0 radical (unpaired) electrons. The van der Waals surface area contributed by atoms with Crippen LogP contribution in [-0.4, -0.2) is 34.4 Å². The predicted octanol–water partition coefficient (Wildman–Crippen LogP) is 2.18. The second-order valence-electron chi connectivity index (χ2n) is 7.44. The van der Waals surface area contributed by atoms with Crippen LogP contribution in [0.2, 0.25) is 0 Å². The summed E-state index contributed by atoms with van der Waals surface area (Å²) >= 11 is 0. The van der Waals surface area contributed by atoms with Crippen molar-refractivity contribution < 1.29 is 9.26 Å². The van der Waals surface area contributed by atoms with E-state index in [-0.39, 0.29) is 0 Å². The van der Waals surface area contributed by atoms with Gasteiger partial charge in [0.05, 0.1) is 18.1 Å². The number of nitrogens with zero attached hydrogens (tertiary/aromatic N) is 2. The van der Waals surface area contributed by atoms with Crippen molar-refractivity contribution >= 4 is 0 Å². The van der Waals surface area contributed by atoms with Crippen LogP contribution in [0.1, 0.15) is 62.6 Å². The quantitative estimate of drug-likeness (QED) is 0.924. The lowest BCUT2D eigenvalue weighted by Crippen LogP contribution is -2.38. The summed E-state index contributed by atoms with van der Waals surface area (Å²) in [6.07, 6.45) is 10.4. The summed E-state index contributed by atoms with van der Waals surface area (Å²) < 4.78 is 11.4. The average molecular weight is 289 g/mol. The van der Waals surface area contributed by atoms with E-state index in [0.717, 1.165) is 43.1 Å². The first-order valence-electron chi connectivity index (χ1n) is 8.57. The lowest BCUT2D eigenvalue weighted by Gasteiger charge is -2.28. The molecule has 4 bridgehead atoms. The molecule has 5 nitrogen and oxygen atoms in total. The minimum atomic E-state index is 0.343. The zero-order valence-electron chi connectivity index (χ0n) is 12.3. The maximum Gasteiger partial charge on any atom is 0.226 e. The molecule has 5 heteroatoms. The number of piperidine rings is 1.